The van der Waals surface area contributed by atoms with E-state index >= 15 is 0 Å². The van der Waals surface area contributed by atoms with Gasteiger partial charge in [-0.2, -0.15) is 0 Å². The van der Waals surface area contributed by atoms with Crippen molar-refractivity contribution in [2.45, 2.75) is 98.1 Å². The number of rotatable bonds is 14. The lowest BCUT2D eigenvalue weighted by molar-refractivity contribution is -0.153. The van der Waals surface area contributed by atoms with Crippen molar-refractivity contribution in [1.29, 1.82) is 0 Å². The molecule has 0 aromatic heterocycles. The Hall–Kier alpha value is -4.08. The summed E-state index contributed by atoms with van der Waals surface area (Å²) in [4.78, 5) is 46.4. The zero-order valence-corrected chi connectivity index (χ0v) is 28.8. The molecule has 0 radical (unpaired) electrons. The van der Waals surface area contributed by atoms with E-state index in [1.165, 1.54) is 38.5 Å². The first-order valence-corrected chi connectivity index (χ1v) is 17.0. The quantitative estimate of drug-likeness (QED) is 0.170. The Morgan fingerprint density at radius 3 is 2.49 bits per heavy atom. The molecular formula is C37H52N4O6. The third kappa shape index (κ3) is 11.6. The van der Waals surface area contributed by atoms with Crippen molar-refractivity contribution in [3.8, 4) is 11.5 Å². The highest BCUT2D eigenvalue weighted by Crippen LogP contribution is 2.31. The van der Waals surface area contributed by atoms with E-state index in [1.807, 2.05) is 63.9 Å². The van der Waals surface area contributed by atoms with Crippen LogP contribution in [-0.2, 0) is 20.9 Å². The van der Waals surface area contributed by atoms with Crippen LogP contribution in [0.3, 0.4) is 0 Å². The number of nitrogens with one attached hydrogen (secondary N) is 1. The van der Waals surface area contributed by atoms with Gasteiger partial charge in [-0.05, 0) is 61.4 Å². The Morgan fingerprint density at radius 2 is 1.77 bits per heavy atom. The summed E-state index contributed by atoms with van der Waals surface area (Å²) in [5.74, 6) is 1.83. The second-order valence-corrected chi connectivity index (χ2v) is 13.8. The minimum Gasteiger partial charge on any atom is -0.494 e. The minimum absolute atomic E-state index is 0.119. The monoisotopic (exact) mass is 648 g/mol. The molecule has 1 saturated carbocycles. The van der Waals surface area contributed by atoms with Crippen molar-refractivity contribution in [2.24, 2.45) is 16.3 Å². The van der Waals surface area contributed by atoms with E-state index < -0.39 is 12.1 Å². The van der Waals surface area contributed by atoms with Crippen molar-refractivity contribution in [3.63, 3.8) is 0 Å². The number of aliphatic imine (C=N–C) groups is 1. The Balaban J connectivity index is 1.31. The van der Waals surface area contributed by atoms with Gasteiger partial charge in [0, 0.05) is 32.1 Å². The molecule has 1 fully saturated rings. The number of hydrogen-bond donors (Lipinski definition) is 1. The topological polar surface area (TPSA) is 110 Å². The van der Waals surface area contributed by atoms with Crippen LogP contribution in [0.15, 0.2) is 53.5 Å². The second-order valence-electron chi connectivity index (χ2n) is 13.8. The largest absolute Gasteiger partial charge is 0.494 e. The van der Waals surface area contributed by atoms with E-state index in [-0.39, 0.29) is 29.9 Å². The molecule has 1 aliphatic carbocycles. The lowest BCUT2D eigenvalue weighted by atomic mass is 9.90. The lowest BCUT2D eigenvalue weighted by Crippen LogP contribution is -2.48. The number of carbonyl (C=O) groups excluding carboxylic acids is 3. The molecule has 1 heterocycles. The molecule has 4 rings (SSSR count). The molecule has 1 N–H and O–H groups in total. The molecule has 2 aliphatic rings. The molecule has 2 amide bonds. The Morgan fingerprint density at radius 1 is 1.02 bits per heavy atom. The first-order valence-electron chi connectivity index (χ1n) is 17.0. The fourth-order valence-corrected chi connectivity index (χ4v) is 5.68. The van der Waals surface area contributed by atoms with Crippen LogP contribution < -0.4 is 14.8 Å². The van der Waals surface area contributed by atoms with Crippen LogP contribution in [0.5, 0.6) is 11.5 Å². The zero-order valence-electron chi connectivity index (χ0n) is 28.8. The van der Waals surface area contributed by atoms with Crippen LogP contribution in [-0.4, -0.2) is 66.6 Å². The number of nitrogens with zero attached hydrogens (tertiary/aromatic N) is 3. The number of ether oxygens (including phenoxy) is 3. The molecular weight excluding hydrogens is 596 g/mol. The normalized spacial score (nSPS) is 15.3. The molecule has 47 heavy (non-hydrogen) atoms. The van der Waals surface area contributed by atoms with Gasteiger partial charge in [-0.15, -0.1) is 0 Å². The average Bonchev–Trinajstić information content (AvgIpc) is 3.55. The van der Waals surface area contributed by atoms with E-state index in [0.29, 0.717) is 43.2 Å². The Bertz CT molecular complexity index is 1370. The maximum absolute atomic E-state index is 13.0. The van der Waals surface area contributed by atoms with Crippen LogP contribution in [0.25, 0.3) is 0 Å². The maximum Gasteiger partial charge on any atom is 0.419 e. The molecule has 0 bridgehead atoms. The van der Waals surface area contributed by atoms with Gasteiger partial charge in [-0.25, -0.2) is 9.79 Å². The number of amides is 2. The summed E-state index contributed by atoms with van der Waals surface area (Å²) in [6.45, 7) is 9.26. The number of unbranched alkanes of at least 4 members (excludes halogenated alkanes) is 1. The van der Waals surface area contributed by atoms with E-state index in [0.717, 1.165) is 24.4 Å². The summed E-state index contributed by atoms with van der Waals surface area (Å²) in [6.07, 6.45) is 9.07. The standard InChI is InChI=1S/C37H52N4O6/c1-27(37(2,3)4)46-34(43)26-41-25-29-24-31(20-21-32(29)38-35(41)39-36(44)47-30-17-7-6-8-18-30)45-23-13-19-33(42)40(5)22-12-11-16-28-14-9-10-15-28/h6-8,17-18,20-21,24,27-28H,9-16,19,22-23,25-26H2,1-5H3,(H,38,39,44). The average molecular weight is 649 g/mol. The Kier molecular flexibility index (Phi) is 13.1. The number of esters is 1. The number of para-hydroxylation sites is 1. The molecule has 1 unspecified atom stereocenters. The Labute approximate surface area is 279 Å². The van der Waals surface area contributed by atoms with E-state index in [9.17, 15) is 14.4 Å². The summed E-state index contributed by atoms with van der Waals surface area (Å²) in [5, 5.41) is 2.69. The van der Waals surface area contributed by atoms with E-state index in [2.05, 4.69) is 10.3 Å². The van der Waals surface area contributed by atoms with Gasteiger partial charge in [-0.3, -0.25) is 14.9 Å². The molecule has 2 aromatic rings. The predicted octanol–water partition coefficient (Wildman–Crippen LogP) is 7.23. The highest BCUT2D eigenvalue weighted by atomic mass is 16.6. The van der Waals surface area contributed by atoms with Crippen LogP contribution in [0.2, 0.25) is 0 Å². The van der Waals surface area contributed by atoms with Crippen molar-refractivity contribution in [3.05, 3.63) is 54.1 Å². The first-order chi connectivity index (χ1) is 22.5. The summed E-state index contributed by atoms with van der Waals surface area (Å²) >= 11 is 0. The van der Waals surface area contributed by atoms with Gasteiger partial charge in [0.1, 0.15) is 24.1 Å². The highest BCUT2D eigenvalue weighted by Gasteiger charge is 2.28. The zero-order chi connectivity index (χ0) is 33.8. The molecule has 2 aromatic carbocycles. The van der Waals surface area contributed by atoms with Crippen LogP contribution in [0.4, 0.5) is 10.5 Å². The smallest absolute Gasteiger partial charge is 0.419 e. The van der Waals surface area contributed by atoms with Gasteiger partial charge in [0.25, 0.3) is 0 Å². The number of carbonyl (C=O) groups is 3. The van der Waals surface area contributed by atoms with Gasteiger partial charge in [0.05, 0.1) is 12.3 Å². The third-order valence-corrected chi connectivity index (χ3v) is 9.01. The molecule has 0 spiro atoms. The molecule has 10 nitrogen and oxygen atoms in total. The van der Waals surface area contributed by atoms with Gasteiger partial charge < -0.3 is 24.0 Å². The van der Waals surface area contributed by atoms with Crippen molar-refractivity contribution >= 4 is 29.6 Å². The summed E-state index contributed by atoms with van der Waals surface area (Å²) in [5.41, 5.74) is 1.25. The summed E-state index contributed by atoms with van der Waals surface area (Å²) in [6, 6.07) is 14.2. The first kappa shape index (κ1) is 35.8. The van der Waals surface area contributed by atoms with Crippen molar-refractivity contribution in [2.75, 3.05) is 26.7 Å². The van der Waals surface area contributed by atoms with Crippen molar-refractivity contribution in [1.82, 2.24) is 15.1 Å². The number of guanidine groups is 1. The lowest BCUT2D eigenvalue weighted by Gasteiger charge is -2.31. The van der Waals surface area contributed by atoms with E-state index in [1.54, 1.807) is 29.2 Å². The van der Waals surface area contributed by atoms with Crippen LogP contribution in [0, 0.1) is 11.3 Å². The van der Waals surface area contributed by atoms with Gasteiger partial charge in [0.15, 0.2) is 0 Å². The second kappa shape index (κ2) is 17.2. The van der Waals surface area contributed by atoms with E-state index in [4.69, 9.17) is 14.2 Å². The SMILES string of the molecule is CC(OC(=O)CN1Cc2cc(OCCCC(=O)N(C)CCCCC3CCCC3)ccc2N=C1NC(=O)Oc1ccccc1)C(C)(C)C. The number of hydrogen-bond acceptors (Lipinski definition) is 8. The van der Waals surface area contributed by atoms with Crippen LogP contribution in [0.1, 0.15) is 91.0 Å². The molecule has 1 atom stereocenters. The minimum atomic E-state index is -0.718. The highest BCUT2D eigenvalue weighted by molar-refractivity contribution is 5.98. The molecule has 256 valence electrons. The van der Waals surface area contributed by atoms with Crippen molar-refractivity contribution < 1.29 is 28.6 Å². The fraction of sp³-hybridized carbons (Fsp3) is 0.568. The molecule has 0 saturated heterocycles. The summed E-state index contributed by atoms with van der Waals surface area (Å²) < 4.78 is 17.1. The summed E-state index contributed by atoms with van der Waals surface area (Å²) in [7, 11) is 1.89. The fourth-order valence-electron chi connectivity index (χ4n) is 5.68. The molecule has 1 aliphatic heterocycles. The predicted molar refractivity (Wildman–Crippen MR) is 183 cm³/mol. The number of fused-ring (bicyclic) bond motifs is 1. The van der Waals surface area contributed by atoms with Gasteiger partial charge in [0.2, 0.25) is 11.9 Å². The third-order valence-electron chi connectivity index (χ3n) is 9.01. The van der Waals surface area contributed by atoms with Crippen LogP contribution >= 0.6 is 0 Å². The number of benzene rings is 2. The van der Waals surface area contributed by atoms with Gasteiger partial charge >= 0.3 is 12.1 Å². The van der Waals surface area contributed by atoms with Gasteiger partial charge in [-0.1, -0.05) is 77.5 Å². The molecule has 10 heteroatoms. The maximum atomic E-state index is 13.0.